The molecule has 1 aromatic rings. The van der Waals surface area contributed by atoms with Crippen molar-refractivity contribution in [3.63, 3.8) is 0 Å². The number of imide groups is 1. The van der Waals surface area contributed by atoms with Crippen LogP contribution in [0.4, 0.5) is 4.79 Å². The molecular weight excluding hydrogens is 326 g/mol. The Balaban J connectivity index is 1.48. The first-order chi connectivity index (χ1) is 11.6. The second-order valence-electron chi connectivity index (χ2n) is 6.91. The Bertz CT molecular complexity index is 667. The minimum Gasteiger partial charge on any atom is -0.334 e. The molecule has 1 aliphatic carbocycles. The molecule has 0 unspecified atom stereocenters. The third-order valence-corrected chi connectivity index (χ3v) is 6.20. The summed E-state index contributed by atoms with van der Waals surface area (Å²) in [4.78, 5) is 40.6. The quantitative estimate of drug-likeness (QED) is 0.853. The molecule has 2 saturated heterocycles. The number of carbonyl (C=O) groups excluding carboxylic acids is 3. The average Bonchev–Trinajstić information content (AvgIpc) is 3.33. The van der Waals surface area contributed by atoms with Gasteiger partial charge < -0.3 is 10.2 Å². The fourth-order valence-corrected chi connectivity index (χ4v) is 4.95. The van der Waals surface area contributed by atoms with Gasteiger partial charge in [-0.15, -0.1) is 0 Å². The number of nitrogens with zero attached hydrogens (tertiary/aromatic N) is 2. The van der Waals surface area contributed by atoms with Gasteiger partial charge in [-0.3, -0.25) is 14.5 Å². The summed E-state index contributed by atoms with van der Waals surface area (Å²) in [6.07, 6.45) is 5.15. The van der Waals surface area contributed by atoms with Gasteiger partial charge in [-0.05, 0) is 48.1 Å². The van der Waals surface area contributed by atoms with Crippen molar-refractivity contribution in [1.29, 1.82) is 0 Å². The molecule has 4 rings (SSSR count). The number of carbonyl (C=O) groups is 3. The lowest BCUT2D eigenvalue weighted by Gasteiger charge is -2.26. The third-order valence-electron chi connectivity index (χ3n) is 5.50. The number of nitrogens with one attached hydrogen (secondary N) is 1. The van der Waals surface area contributed by atoms with Crippen LogP contribution in [-0.4, -0.2) is 46.3 Å². The fraction of sp³-hybridized carbons (Fsp3) is 0.588. The van der Waals surface area contributed by atoms with Crippen LogP contribution in [-0.2, 0) is 9.59 Å². The molecule has 0 radical (unpaired) electrons. The van der Waals surface area contributed by atoms with Gasteiger partial charge in [0.25, 0.3) is 5.91 Å². The minimum absolute atomic E-state index is 0.0740. The van der Waals surface area contributed by atoms with Crippen molar-refractivity contribution in [1.82, 2.24) is 15.1 Å². The standard InChI is InChI=1S/C17H21N3O3S/c21-14(19-8-3-4-13(19)12-5-9-24-11-12)10-20-15(22)17(18-16(20)23)6-1-2-7-17/h5,9,11,13H,1-4,6-8,10H2,(H,18,23)/t13-/m0/s1. The molecular formula is C17H21N3O3S. The van der Waals surface area contributed by atoms with Crippen LogP contribution in [0.15, 0.2) is 16.8 Å². The summed E-state index contributed by atoms with van der Waals surface area (Å²) in [5.41, 5.74) is 0.407. The second-order valence-corrected chi connectivity index (χ2v) is 7.69. The van der Waals surface area contributed by atoms with Crippen LogP contribution in [0.3, 0.4) is 0 Å². The highest BCUT2D eigenvalue weighted by atomic mass is 32.1. The number of rotatable bonds is 3. The second kappa shape index (κ2) is 5.88. The van der Waals surface area contributed by atoms with Crippen LogP contribution in [0.25, 0.3) is 0 Å². The molecule has 1 N–H and O–H groups in total. The maximum absolute atomic E-state index is 12.8. The predicted octanol–water partition coefficient (Wildman–Crippen LogP) is 2.28. The van der Waals surface area contributed by atoms with Crippen LogP contribution in [0.1, 0.15) is 50.1 Å². The normalized spacial score (nSPS) is 25.8. The molecule has 1 spiro atoms. The van der Waals surface area contributed by atoms with E-state index in [1.165, 1.54) is 0 Å². The van der Waals surface area contributed by atoms with E-state index in [0.29, 0.717) is 19.4 Å². The smallest absolute Gasteiger partial charge is 0.325 e. The summed E-state index contributed by atoms with van der Waals surface area (Å²) in [7, 11) is 0. The highest BCUT2D eigenvalue weighted by molar-refractivity contribution is 7.08. The van der Waals surface area contributed by atoms with Gasteiger partial charge in [0.05, 0.1) is 6.04 Å². The van der Waals surface area contributed by atoms with E-state index in [1.54, 1.807) is 11.3 Å². The molecule has 3 aliphatic rings. The van der Waals surface area contributed by atoms with E-state index in [0.717, 1.165) is 36.1 Å². The first-order valence-electron chi connectivity index (χ1n) is 8.56. The predicted molar refractivity (Wildman–Crippen MR) is 89.5 cm³/mol. The molecule has 2 aliphatic heterocycles. The fourth-order valence-electron chi connectivity index (χ4n) is 4.24. The number of amides is 4. The number of hydrogen-bond donors (Lipinski definition) is 1. The van der Waals surface area contributed by atoms with E-state index in [9.17, 15) is 14.4 Å². The van der Waals surface area contributed by atoms with Gasteiger partial charge in [0.2, 0.25) is 5.91 Å². The Morgan fingerprint density at radius 3 is 2.79 bits per heavy atom. The number of hydrogen-bond acceptors (Lipinski definition) is 4. The number of urea groups is 1. The summed E-state index contributed by atoms with van der Waals surface area (Å²) >= 11 is 1.62. The van der Waals surface area contributed by atoms with Gasteiger partial charge in [-0.25, -0.2) is 4.79 Å². The van der Waals surface area contributed by atoms with Gasteiger partial charge in [-0.2, -0.15) is 11.3 Å². The molecule has 3 heterocycles. The van der Waals surface area contributed by atoms with Crippen molar-refractivity contribution in [2.75, 3.05) is 13.1 Å². The van der Waals surface area contributed by atoms with Gasteiger partial charge >= 0.3 is 6.03 Å². The van der Waals surface area contributed by atoms with Crippen molar-refractivity contribution >= 4 is 29.2 Å². The van der Waals surface area contributed by atoms with Crippen LogP contribution in [0.2, 0.25) is 0 Å². The topological polar surface area (TPSA) is 69.7 Å². The maximum Gasteiger partial charge on any atom is 0.325 e. The van der Waals surface area contributed by atoms with E-state index in [4.69, 9.17) is 0 Å². The van der Waals surface area contributed by atoms with Crippen molar-refractivity contribution in [3.05, 3.63) is 22.4 Å². The zero-order valence-electron chi connectivity index (χ0n) is 13.5. The number of likely N-dealkylation sites (tertiary alicyclic amines) is 1. The van der Waals surface area contributed by atoms with E-state index < -0.39 is 11.6 Å². The number of thiophene rings is 1. The Kier molecular flexibility index (Phi) is 3.83. The Hall–Kier alpha value is -1.89. The maximum atomic E-state index is 12.8. The third kappa shape index (κ3) is 2.42. The van der Waals surface area contributed by atoms with Gasteiger partial charge in [0.15, 0.2) is 0 Å². The molecule has 4 amide bonds. The van der Waals surface area contributed by atoms with E-state index in [2.05, 4.69) is 10.7 Å². The monoisotopic (exact) mass is 347 g/mol. The van der Waals surface area contributed by atoms with E-state index in [-0.39, 0.29) is 24.4 Å². The Morgan fingerprint density at radius 1 is 1.29 bits per heavy atom. The highest BCUT2D eigenvalue weighted by Gasteiger charge is 2.53. The van der Waals surface area contributed by atoms with Crippen molar-refractivity contribution in [3.8, 4) is 0 Å². The molecule has 128 valence electrons. The van der Waals surface area contributed by atoms with Gasteiger partial charge in [0, 0.05) is 6.54 Å². The summed E-state index contributed by atoms with van der Waals surface area (Å²) in [6.45, 7) is 0.543. The highest BCUT2D eigenvalue weighted by Crippen LogP contribution is 2.36. The molecule has 1 aromatic heterocycles. The first-order valence-corrected chi connectivity index (χ1v) is 9.51. The molecule has 7 heteroatoms. The lowest BCUT2D eigenvalue weighted by Crippen LogP contribution is -2.46. The van der Waals surface area contributed by atoms with Crippen LogP contribution in [0.5, 0.6) is 0 Å². The molecule has 24 heavy (non-hydrogen) atoms. The van der Waals surface area contributed by atoms with Gasteiger partial charge in [-0.1, -0.05) is 12.8 Å². The van der Waals surface area contributed by atoms with Crippen molar-refractivity contribution in [2.24, 2.45) is 0 Å². The van der Waals surface area contributed by atoms with E-state index in [1.807, 2.05) is 16.3 Å². The largest absolute Gasteiger partial charge is 0.334 e. The minimum atomic E-state index is -0.741. The van der Waals surface area contributed by atoms with Crippen LogP contribution < -0.4 is 5.32 Å². The molecule has 1 saturated carbocycles. The zero-order valence-corrected chi connectivity index (χ0v) is 14.3. The first kappa shape index (κ1) is 15.6. The van der Waals surface area contributed by atoms with E-state index >= 15 is 0 Å². The van der Waals surface area contributed by atoms with Crippen molar-refractivity contribution in [2.45, 2.75) is 50.1 Å². The zero-order chi connectivity index (χ0) is 16.7. The molecule has 0 bridgehead atoms. The average molecular weight is 347 g/mol. The van der Waals surface area contributed by atoms with Crippen molar-refractivity contribution < 1.29 is 14.4 Å². The van der Waals surface area contributed by atoms with Crippen LogP contribution in [0, 0.1) is 0 Å². The Morgan fingerprint density at radius 2 is 2.08 bits per heavy atom. The molecule has 6 nitrogen and oxygen atoms in total. The summed E-state index contributed by atoms with van der Waals surface area (Å²) in [5, 5.41) is 6.91. The summed E-state index contributed by atoms with van der Waals surface area (Å²) in [5.74, 6) is -0.355. The SMILES string of the molecule is O=C1NC2(CCCC2)C(=O)N1CC(=O)N1CCC[C@H]1c1ccsc1. The Labute approximate surface area is 144 Å². The summed E-state index contributed by atoms with van der Waals surface area (Å²) in [6, 6.07) is 1.70. The van der Waals surface area contributed by atoms with Crippen LogP contribution >= 0.6 is 11.3 Å². The molecule has 3 fully saturated rings. The lowest BCUT2D eigenvalue weighted by molar-refractivity contribution is -0.139. The molecule has 1 atom stereocenters. The van der Waals surface area contributed by atoms with Gasteiger partial charge in [0.1, 0.15) is 12.1 Å². The molecule has 0 aromatic carbocycles. The lowest BCUT2D eigenvalue weighted by atomic mass is 9.98. The summed E-state index contributed by atoms with van der Waals surface area (Å²) < 4.78 is 0.